The summed E-state index contributed by atoms with van der Waals surface area (Å²) in [6, 6.07) is 6.28. The van der Waals surface area contributed by atoms with E-state index in [1.165, 1.54) is 18.1 Å². The Balaban J connectivity index is 1.88. The average Bonchev–Trinajstić information content (AvgIpc) is 2.69. The van der Waals surface area contributed by atoms with Crippen molar-refractivity contribution >= 4 is 11.8 Å². The minimum Gasteiger partial charge on any atom is -0.372 e. The molecule has 6 heteroatoms. The van der Waals surface area contributed by atoms with Crippen LogP contribution in [0.3, 0.4) is 0 Å². The number of amides is 2. The molecule has 1 aliphatic rings. The summed E-state index contributed by atoms with van der Waals surface area (Å²) < 4.78 is 18.6. The third-order valence-electron chi connectivity index (χ3n) is 3.78. The number of hydrogen-bond acceptors (Lipinski definition) is 3. The summed E-state index contributed by atoms with van der Waals surface area (Å²) in [5.41, 5.74) is 0.424. The predicted molar refractivity (Wildman–Crippen MR) is 79.5 cm³/mol. The zero-order chi connectivity index (χ0) is 15.9. The zero-order valence-corrected chi connectivity index (χ0v) is 12.7. The van der Waals surface area contributed by atoms with Crippen LogP contribution in [-0.2, 0) is 20.9 Å². The number of hydrogen-bond donors (Lipinski definition) is 1. The molecule has 1 aromatic carbocycles. The summed E-state index contributed by atoms with van der Waals surface area (Å²) in [6.45, 7) is 0.639. The minimum atomic E-state index is -0.470. The van der Waals surface area contributed by atoms with Crippen LogP contribution in [0.25, 0.3) is 0 Å². The number of benzene rings is 1. The molecule has 5 nitrogen and oxygen atoms in total. The maximum absolute atomic E-state index is 13.5. The maximum Gasteiger partial charge on any atom is 0.252 e. The van der Waals surface area contributed by atoms with Crippen LogP contribution >= 0.6 is 0 Å². The van der Waals surface area contributed by atoms with E-state index in [0.29, 0.717) is 18.5 Å². The minimum absolute atomic E-state index is 0.0207. The van der Waals surface area contributed by atoms with Crippen molar-refractivity contribution in [3.05, 3.63) is 35.6 Å². The van der Waals surface area contributed by atoms with Gasteiger partial charge in [-0.2, -0.15) is 0 Å². The molecule has 1 unspecified atom stereocenters. The van der Waals surface area contributed by atoms with Gasteiger partial charge in [-0.15, -0.1) is 0 Å². The highest BCUT2D eigenvalue weighted by atomic mass is 19.1. The Hall–Kier alpha value is -1.95. The van der Waals surface area contributed by atoms with Crippen LogP contribution in [0.15, 0.2) is 24.3 Å². The monoisotopic (exact) mass is 308 g/mol. The molecular weight excluding hydrogens is 287 g/mol. The van der Waals surface area contributed by atoms with Crippen LogP contribution in [-0.4, -0.2) is 43.0 Å². The Bertz CT molecular complexity index is 536. The van der Waals surface area contributed by atoms with E-state index in [9.17, 15) is 14.0 Å². The van der Waals surface area contributed by atoms with Crippen LogP contribution in [0.4, 0.5) is 4.39 Å². The second-order valence-corrected chi connectivity index (χ2v) is 5.35. The Morgan fingerprint density at radius 3 is 2.91 bits per heavy atom. The number of carbonyl (C=O) groups is 2. The molecule has 1 heterocycles. The second kappa shape index (κ2) is 7.89. The Morgan fingerprint density at radius 1 is 1.41 bits per heavy atom. The molecule has 0 radical (unpaired) electrons. The van der Waals surface area contributed by atoms with Gasteiger partial charge < -0.3 is 15.0 Å². The maximum atomic E-state index is 13.5. The fourth-order valence-corrected chi connectivity index (χ4v) is 2.51. The number of halogens is 1. The number of rotatable bonds is 5. The van der Waals surface area contributed by atoms with E-state index in [0.717, 1.165) is 12.8 Å². The van der Waals surface area contributed by atoms with Gasteiger partial charge in [0.15, 0.2) is 0 Å². The number of nitrogens with one attached hydrogen (secondary N) is 1. The van der Waals surface area contributed by atoms with Crippen molar-refractivity contribution in [1.82, 2.24) is 10.2 Å². The molecule has 2 rings (SSSR count). The first-order chi connectivity index (χ1) is 10.6. The van der Waals surface area contributed by atoms with E-state index < -0.39 is 6.10 Å². The molecule has 0 aromatic heterocycles. The average molecular weight is 308 g/mol. The van der Waals surface area contributed by atoms with Crippen molar-refractivity contribution < 1.29 is 18.7 Å². The van der Waals surface area contributed by atoms with Crippen LogP contribution < -0.4 is 5.32 Å². The van der Waals surface area contributed by atoms with Crippen molar-refractivity contribution in [3.8, 4) is 0 Å². The third kappa shape index (κ3) is 4.27. The van der Waals surface area contributed by atoms with Crippen molar-refractivity contribution in [3.63, 3.8) is 0 Å². The van der Waals surface area contributed by atoms with E-state index in [-0.39, 0.29) is 30.7 Å². The normalized spacial score (nSPS) is 18.9. The lowest BCUT2D eigenvalue weighted by atomic mass is 10.2. The molecule has 1 N–H and O–H groups in total. The molecule has 22 heavy (non-hydrogen) atoms. The summed E-state index contributed by atoms with van der Waals surface area (Å²) in [6.07, 6.45) is 1.97. The van der Waals surface area contributed by atoms with Crippen molar-refractivity contribution in [2.75, 3.05) is 20.2 Å². The molecule has 1 saturated heterocycles. The summed E-state index contributed by atoms with van der Waals surface area (Å²) in [4.78, 5) is 25.7. The van der Waals surface area contributed by atoms with Gasteiger partial charge in [-0.05, 0) is 25.3 Å². The van der Waals surface area contributed by atoms with Crippen LogP contribution in [0.5, 0.6) is 0 Å². The van der Waals surface area contributed by atoms with Gasteiger partial charge in [-0.1, -0.05) is 18.2 Å². The van der Waals surface area contributed by atoms with Crippen molar-refractivity contribution in [2.45, 2.75) is 31.9 Å². The molecule has 0 saturated carbocycles. The largest absolute Gasteiger partial charge is 0.372 e. The number of carbonyl (C=O) groups excluding carboxylic acids is 2. The molecule has 1 aromatic rings. The van der Waals surface area contributed by atoms with Crippen LogP contribution in [0, 0.1) is 5.82 Å². The van der Waals surface area contributed by atoms with Gasteiger partial charge in [0.1, 0.15) is 11.9 Å². The van der Waals surface area contributed by atoms with Crippen LogP contribution in [0.1, 0.15) is 24.8 Å². The van der Waals surface area contributed by atoms with Gasteiger partial charge in [0.05, 0.1) is 6.54 Å². The summed E-state index contributed by atoms with van der Waals surface area (Å²) in [7, 11) is 1.50. The fourth-order valence-electron chi connectivity index (χ4n) is 2.51. The number of ether oxygens (including phenoxy) is 1. The lowest BCUT2D eigenvalue weighted by Gasteiger charge is -2.23. The van der Waals surface area contributed by atoms with Gasteiger partial charge in [0.25, 0.3) is 5.91 Å². The molecule has 2 amide bonds. The summed E-state index contributed by atoms with van der Waals surface area (Å²) in [5.74, 6) is -0.803. The van der Waals surface area contributed by atoms with E-state index >= 15 is 0 Å². The lowest BCUT2D eigenvalue weighted by molar-refractivity contribution is -0.144. The summed E-state index contributed by atoms with van der Waals surface area (Å²) in [5, 5.41) is 2.65. The number of likely N-dealkylation sites (tertiary alicyclic amines) is 1. The molecule has 0 spiro atoms. The van der Waals surface area contributed by atoms with Crippen LogP contribution in [0.2, 0.25) is 0 Å². The first-order valence-corrected chi connectivity index (χ1v) is 7.43. The van der Waals surface area contributed by atoms with Gasteiger partial charge in [0, 0.05) is 25.8 Å². The topological polar surface area (TPSA) is 58.6 Å². The van der Waals surface area contributed by atoms with Gasteiger partial charge in [0.2, 0.25) is 5.91 Å². The number of methoxy groups -OCH3 is 1. The summed E-state index contributed by atoms with van der Waals surface area (Å²) >= 11 is 0. The Kier molecular flexibility index (Phi) is 5.89. The first-order valence-electron chi connectivity index (χ1n) is 7.43. The highest BCUT2D eigenvalue weighted by Gasteiger charge is 2.27. The molecule has 0 bridgehead atoms. The van der Waals surface area contributed by atoms with E-state index in [2.05, 4.69) is 5.32 Å². The van der Waals surface area contributed by atoms with Gasteiger partial charge in [-0.3, -0.25) is 9.59 Å². The SMILES string of the molecule is COC1CCCCN(CC(=O)NCc2ccccc2F)C1=O. The second-order valence-electron chi connectivity index (χ2n) is 5.35. The zero-order valence-electron chi connectivity index (χ0n) is 12.7. The number of nitrogens with zero attached hydrogens (tertiary/aromatic N) is 1. The van der Waals surface area contributed by atoms with E-state index in [1.807, 2.05) is 0 Å². The van der Waals surface area contributed by atoms with Crippen molar-refractivity contribution in [1.29, 1.82) is 0 Å². The third-order valence-corrected chi connectivity index (χ3v) is 3.78. The molecule has 1 aliphatic heterocycles. The molecule has 0 aliphatic carbocycles. The Morgan fingerprint density at radius 2 is 2.18 bits per heavy atom. The molecule has 1 atom stereocenters. The quantitative estimate of drug-likeness (QED) is 0.896. The molecular formula is C16H21FN2O3. The predicted octanol–water partition coefficient (Wildman–Crippen LogP) is 1.47. The fraction of sp³-hybridized carbons (Fsp3) is 0.500. The molecule has 120 valence electrons. The first kappa shape index (κ1) is 16.4. The van der Waals surface area contributed by atoms with E-state index in [4.69, 9.17) is 4.74 Å². The standard InChI is InChI=1S/C16H21FN2O3/c1-22-14-8-4-5-9-19(16(14)21)11-15(20)18-10-12-6-2-3-7-13(12)17/h2-3,6-7,14H,4-5,8-11H2,1H3,(H,18,20). The molecule has 1 fully saturated rings. The van der Waals surface area contributed by atoms with Gasteiger partial charge in [-0.25, -0.2) is 4.39 Å². The highest BCUT2D eigenvalue weighted by Crippen LogP contribution is 2.14. The smallest absolute Gasteiger partial charge is 0.252 e. The highest BCUT2D eigenvalue weighted by molar-refractivity contribution is 5.87. The Labute approximate surface area is 129 Å². The van der Waals surface area contributed by atoms with Gasteiger partial charge >= 0.3 is 0 Å². The lowest BCUT2D eigenvalue weighted by Crippen LogP contribution is -2.44. The van der Waals surface area contributed by atoms with Crippen molar-refractivity contribution in [2.24, 2.45) is 0 Å². The van der Waals surface area contributed by atoms with E-state index in [1.54, 1.807) is 18.2 Å².